The largest absolute Gasteiger partial charge is 0.481 e. The summed E-state index contributed by atoms with van der Waals surface area (Å²) in [5.41, 5.74) is 0. The molecule has 0 radical (unpaired) electrons. The molecule has 0 saturated heterocycles. The van der Waals surface area contributed by atoms with E-state index in [4.69, 9.17) is 14.9 Å². The highest BCUT2D eigenvalue weighted by atomic mass is 16.5. The zero-order chi connectivity index (χ0) is 15.8. The first-order chi connectivity index (χ1) is 9.95. The molecule has 0 aromatic carbocycles. The molecule has 1 saturated carbocycles. The van der Waals surface area contributed by atoms with Crippen LogP contribution in [-0.4, -0.2) is 34.7 Å². The van der Waals surface area contributed by atoms with Crippen molar-refractivity contribution in [3.05, 3.63) is 0 Å². The van der Waals surface area contributed by atoms with Crippen LogP contribution in [0.1, 0.15) is 51.9 Å². The Balaban J connectivity index is 2.48. The van der Waals surface area contributed by atoms with Crippen LogP contribution in [-0.2, 0) is 19.1 Å². The minimum Gasteiger partial charge on any atom is -0.481 e. The van der Waals surface area contributed by atoms with Gasteiger partial charge in [0.15, 0.2) is 0 Å². The lowest BCUT2D eigenvalue weighted by atomic mass is 9.75. The molecular weight excluding hydrogens is 276 g/mol. The van der Waals surface area contributed by atoms with Gasteiger partial charge in [-0.15, -0.1) is 0 Å². The van der Waals surface area contributed by atoms with Crippen molar-refractivity contribution in [3.63, 3.8) is 0 Å². The van der Waals surface area contributed by atoms with Crippen molar-refractivity contribution in [2.24, 2.45) is 17.8 Å². The molecule has 2 atom stereocenters. The monoisotopic (exact) mass is 300 g/mol. The quantitative estimate of drug-likeness (QED) is 0.527. The summed E-state index contributed by atoms with van der Waals surface area (Å²) in [6.45, 7) is 2.41. The van der Waals surface area contributed by atoms with Crippen LogP contribution >= 0.6 is 0 Å². The van der Waals surface area contributed by atoms with Gasteiger partial charge in [-0.05, 0) is 25.7 Å². The Bertz CT molecular complexity index is 356. The summed E-state index contributed by atoms with van der Waals surface area (Å²) in [6.07, 6.45) is 4.39. The lowest BCUT2D eigenvalue weighted by molar-refractivity contribution is -0.156. The first-order valence-electron chi connectivity index (χ1n) is 7.58. The van der Waals surface area contributed by atoms with E-state index >= 15 is 0 Å². The van der Waals surface area contributed by atoms with E-state index in [2.05, 4.69) is 6.92 Å². The third-order valence-corrected chi connectivity index (χ3v) is 3.98. The first kappa shape index (κ1) is 17.5. The molecule has 0 bridgehead atoms. The highest BCUT2D eigenvalue weighted by Crippen LogP contribution is 2.34. The fourth-order valence-electron chi connectivity index (χ4n) is 2.73. The van der Waals surface area contributed by atoms with E-state index in [1.165, 1.54) is 0 Å². The number of carbonyl (C=O) groups excluding carboxylic acids is 1. The minimum absolute atomic E-state index is 0.0882. The Hall–Kier alpha value is -1.59. The molecule has 0 heterocycles. The van der Waals surface area contributed by atoms with Crippen LogP contribution < -0.4 is 0 Å². The standard InChI is InChI=1S/C15H24O6/c1-2-3-4-5-6-21-15(20)12-8-10(13(16)17)7-11(9-12)14(18)19/h10-12H,2-9H2,1H3,(H,16,17)(H,18,19). The molecular formula is C15H24O6. The smallest absolute Gasteiger partial charge is 0.308 e. The molecule has 0 aliphatic heterocycles. The molecule has 1 rings (SSSR count). The summed E-state index contributed by atoms with van der Waals surface area (Å²) in [7, 11) is 0. The van der Waals surface area contributed by atoms with E-state index in [9.17, 15) is 14.4 Å². The van der Waals surface area contributed by atoms with Crippen molar-refractivity contribution >= 4 is 17.9 Å². The predicted octanol–water partition coefficient (Wildman–Crippen LogP) is 2.31. The molecule has 120 valence electrons. The van der Waals surface area contributed by atoms with Gasteiger partial charge in [0.1, 0.15) is 0 Å². The van der Waals surface area contributed by atoms with Crippen LogP contribution in [0.3, 0.4) is 0 Å². The first-order valence-corrected chi connectivity index (χ1v) is 7.58. The fourth-order valence-corrected chi connectivity index (χ4v) is 2.73. The van der Waals surface area contributed by atoms with Crippen LogP contribution in [0, 0.1) is 17.8 Å². The molecule has 0 spiro atoms. The van der Waals surface area contributed by atoms with Crippen LogP contribution in [0.5, 0.6) is 0 Å². The number of rotatable bonds is 8. The van der Waals surface area contributed by atoms with Gasteiger partial charge in [-0.2, -0.15) is 0 Å². The highest BCUT2D eigenvalue weighted by molar-refractivity contribution is 5.79. The second kappa shape index (κ2) is 8.64. The zero-order valence-corrected chi connectivity index (χ0v) is 12.4. The maximum absolute atomic E-state index is 12.0. The number of carbonyl (C=O) groups is 3. The normalized spacial score (nSPS) is 25.3. The molecule has 21 heavy (non-hydrogen) atoms. The number of hydrogen-bond donors (Lipinski definition) is 2. The number of hydrogen-bond acceptors (Lipinski definition) is 4. The lowest BCUT2D eigenvalue weighted by Gasteiger charge is -2.29. The maximum Gasteiger partial charge on any atom is 0.308 e. The Morgan fingerprint density at radius 1 is 0.905 bits per heavy atom. The van der Waals surface area contributed by atoms with Crippen molar-refractivity contribution in [1.82, 2.24) is 0 Å². The van der Waals surface area contributed by atoms with Gasteiger partial charge in [0, 0.05) is 0 Å². The van der Waals surface area contributed by atoms with Gasteiger partial charge in [0.2, 0.25) is 0 Å². The Morgan fingerprint density at radius 2 is 1.43 bits per heavy atom. The Labute approximate surface area is 124 Å². The molecule has 0 aromatic heterocycles. The number of ether oxygens (including phenoxy) is 1. The second-order valence-corrected chi connectivity index (χ2v) is 5.70. The topological polar surface area (TPSA) is 101 Å². The molecule has 1 aliphatic carbocycles. The fraction of sp³-hybridized carbons (Fsp3) is 0.800. The number of aliphatic carboxylic acids is 2. The third-order valence-electron chi connectivity index (χ3n) is 3.98. The summed E-state index contributed by atoms with van der Waals surface area (Å²) < 4.78 is 5.16. The average Bonchev–Trinajstić information content (AvgIpc) is 2.46. The lowest BCUT2D eigenvalue weighted by Crippen LogP contribution is -2.35. The number of unbranched alkanes of at least 4 members (excludes halogenated alkanes) is 3. The Kier molecular flexibility index (Phi) is 7.19. The highest BCUT2D eigenvalue weighted by Gasteiger charge is 2.39. The molecule has 2 N–H and O–H groups in total. The van der Waals surface area contributed by atoms with Crippen LogP contribution in [0.2, 0.25) is 0 Å². The molecule has 6 heteroatoms. The van der Waals surface area contributed by atoms with Gasteiger partial charge in [-0.25, -0.2) is 0 Å². The summed E-state index contributed by atoms with van der Waals surface area (Å²) in [6, 6.07) is 0. The van der Waals surface area contributed by atoms with E-state index in [0.29, 0.717) is 6.61 Å². The average molecular weight is 300 g/mol. The van der Waals surface area contributed by atoms with Crippen molar-refractivity contribution in [1.29, 1.82) is 0 Å². The number of carboxylic acids is 2. The van der Waals surface area contributed by atoms with E-state index in [1.807, 2.05) is 0 Å². The van der Waals surface area contributed by atoms with Crippen molar-refractivity contribution in [2.75, 3.05) is 6.61 Å². The van der Waals surface area contributed by atoms with Crippen LogP contribution in [0.15, 0.2) is 0 Å². The Morgan fingerprint density at radius 3 is 1.90 bits per heavy atom. The van der Waals surface area contributed by atoms with Crippen molar-refractivity contribution in [2.45, 2.75) is 51.9 Å². The molecule has 1 aliphatic rings. The van der Waals surface area contributed by atoms with E-state index in [0.717, 1.165) is 25.7 Å². The summed E-state index contributed by atoms with van der Waals surface area (Å²) in [5, 5.41) is 18.1. The van der Waals surface area contributed by atoms with Gasteiger partial charge < -0.3 is 14.9 Å². The number of esters is 1. The third kappa shape index (κ3) is 5.73. The summed E-state index contributed by atoms with van der Waals surface area (Å²) >= 11 is 0. The predicted molar refractivity (Wildman–Crippen MR) is 74.7 cm³/mol. The summed E-state index contributed by atoms with van der Waals surface area (Å²) in [5.74, 6) is -4.71. The summed E-state index contributed by atoms with van der Waals surface area (Å²) in [4.78, 5) is 34.1. The van der Waals surface area contributed by atoms with Gasteiger partial charge in [-0.1, -0.05) is 26.2 Å². The van der Waals surface area contributed by atoms with Gasteiger partial charge >= 0.3 is 17.9 Å². The van der Waals surface area contributed by atoms with Crippen molar-refractivity contribution in [3.8, 4) is 0 Å². The molecule has 0 aromatic rings. The van der Waals surface area contributed by atoms with Crippen molar-refractivity contribution < 1.29 is 29.3 Å². The van der Waals surface area contributed by atoms with Gasteiger partial charge in [0.05, 0.1) is 24.4 Å². The second-order valence-electron chi connectivity index (χ2n) is 5.70. The zero-order valence-electron chi connectivity index (χ0n) is 12.4. The van der Waals surface area contributed by atoms with Gasteiger partial charge in [0.25, 0.3) is 0 Å². The molecule has 1 fully saturated rings. The van der Waals surface area contributed by atoms with Gasteiger partial charge in [-0.3, -0.25) is 14.4 Å². The van der Waals surface area contributed by atoms with E-state index in [-0.39, 0.29) is 19.3 Å². The molecule has 2 unspecified atom stereocenters. The maximum atomic E-state index is 12.0. The SMILES string of the molecule is CCCCCCOC(=O)C1CC(C(=O)O)CC(C(=O)O)C1. The van der Waals surface area contributed by atoms with E-state index < -0.39 is 35.7 Å². The molecule has 6 nitrogen and oxygen atoms in total. The van der Waals surface area contributed by atoms with E-state index in [1.54, 1.807) is 0 Å². The number of carboxylic acid groups (broad SMARTS) is 2. The van der Waals surface area contributed by atoms with Crippen LogP contribution in [0.4, 0.5) is 0 Å². The minimum atomic E-state index is -1.04. The van der Waals surface area contributed by atoms with Crippen LogP contribution in [0.25, 0.3) is 0 Å². The molecule has 0 amide bonds.